The van der Waals surface area contributed by atoms with Gasteiger partial charge in [-0.2, -0.15) is 0 Å². The van der Waals surface area contributed by atoms with Crippen LogP contribution in [0.1, 0.15) is 18.4 Å². The number of rotatable bonds is 4. The summed E-state index contributed by atoms with van der Waals surface area (Å²) in [4.78, 5) is 0. The van der Waals surface area contributed by atoms with Gasteiger partial charge in [0.25, 0.3) is 0 Å². The summed E-state index contributed by atoms with van der Waals surface area (Å²) < 4.78 is 22.2. The topological polar surface area (TPSA) is 62.9 Å². The number of fused-ring (bicyclic) bond motifs is 1. The van der Waals surface area contributed by atoms with E-state index < -0.39 is 0 Å². The van der Waals surface area contributed by atoms with Gasteiger partial charge >= 0.3 is 0 Å². The molecular weight excluding hydrogens is 246 g/mol. The van der Waals surface area contributed by atoms with Crippen LogP contribution in [0.15, 0.2) is 12.1 Å². The van der Waals surface area contributed by atoms with Crippen LogP contribution in [0.25, 0.3) is 0 Å². The SMILES string of the molecule is NCCc1cc2c(cc1OC1CCOCC1)OCO2. The van der Waals surface area contributed by atoms with Crippen molar-refractivity contribution in [2.75, 3.05) is 26.6 Å². The lowest BCUT2D eigenvalue weighted by Crippen LogP contribution is -2.26. The third-order valence-electron chi connectivity index (χ3n) is 3.43. The van der Waals surface area contributed by atoms with Crippen LogP contribution in [0.5, 0.6) is 17.2 Å². The zero-order valence-electron chi connectivity index (χ0n) is 10.9. The van der Waals surface area contributed by atoms with Crippen LogP contribution in [0, 0.1) is 0 Å². The Morgan fingerprint density at radius 2 is 1.89 bits per heavy atom. The van der Waals surface area contributed by atoms with Crippen molar-refractivity contribution in [1.29, 1.82) is 0 Å². The summed E-state index contributed by atoms with van der Waals surface area (Å²) in [5.74, 6) is 2.40. The Labute approximate surface area is 112 Å². The molecule has 0 atom stereocenters. The van der Waals surface area contributed by atoms with E-state index in [1.165, 1.54) is 0 Å². The minimum Gasteiger partial charge on any atom is -0.490 e. The van der Waals surface area contributed by atoms with Crippen LogP contribution in [-0.4, -0.2) is 32.7 Å². The first-order valence-electron chi connectivity index (χ1n) is 6.74. The fraction of sp³-hybridized carbons (Fsp3) is 0.571. The first-order chi connectivity index (χ1) is 9.36. The maximum Gasteiger partial charge on any atom is 0.231 e. The molecule has 2 N–H and O–H groups in total. The van der Waals surface area contributed by atoms with Gasteiger partial charge in [-0.15, -0.1) is 0 Å². The van der Waals surface area contributed by atoms with E-state index in [-0.39, 0.29) is 12.9 Å². The van der Waals surface area contributed by atoms with Crippen molar-refractivity contribution in [3.63, 3.8) is 0 Å². The molecule has 3 rings (SSSR count). The monoisotopic (exact) mass is 265 g/mol. The minimum absolute atomic E-state index is 0.214. The average molecular weight is 265 g/mol. The third-order valence-corrected chi connectivity index (χ3v) is 3.43. The smallest absolute Gasteiger partial charge is 0.231 e. The second kappa shape index (κ2) is 5.67. The van der Waals surface area contributed by atoms with Gasteiger partial charge in [0.05, 0.1) is 13.2 Å². The second-order valence-electron chi connectivity index (χ2n) is 4.78. The van der Waals surface area contributed by atoms with Crippen LogP contribution in [0.3, 0.4) is 0 Å². The van der Waals surface area contributed by atoms with Crippen LogP contribution in [0.4, 0.5) is 0 Å². The minimum atomic E-state index is 0.214. The van der Waals surface area contributed by atoms with E-state index >= 15 is 0 Å². The fourth-order valence-electron chi connectivity index (χ4n) is 2.40. The number of hydrogen-bond acceptors (Lipinski definition) is 5. The van der Waals surface area contributed by atoms with Gasteiger partial charge in [0.2, 0.25) is 6.79 Å². The first-order valence-corrected chi connectivity index (χ1v) is 6.74. The van der Waals surface area contributed by atoms with Gasteiger partial charge in [-0.25, -0.2) is 0 Å². The van der Waals surface area contributed by atoms with Crippen molar-refractivity contribution in [1.82, 2.24) is 0 Å². The van der Waals surface area contributed by atoms with Crippen molar-refractivity contribution < 1.29 is 18.9 Å². The molecule has 0 bridgehead atoms. The highest BCUT2D eigenvalue weighted by molar-refractivity contribution is 5.52. The molecule has 104 valence electrons. The lowest BCUT2D eigenvalue weighted by atomic mass is 10.1. The van der Waals surface area contributed by atoms with Gasteiger partial charge in [0.1, 0.15) is 11.9 Å². The number of benzene rings is 1. The van der Waals surface area contributed by atoms with E-state index in [0.29, 0.717) is 6.54 Å². The number of ether oxygens (including phenoxy) is 4. The first kappa shape index (κ1) is 12.6. The molecule has 1 fully saturated rings. The summed E-state index contributed by atoms with van der Waals surface area (Å²) in [6.45, 7) is 2.39. The molecule has 1 aromatic carbocycles. The second-order valence-corrected chi connectivity index (χ2v) is 4.78. The molecule has 2 heterocycles. The van der Waals surface area contributed by atoms with Gasteiger partial charge in [0.15, 0.2) is 11.5 Å². The van der Waals surface area contributed by atoms with Gasteiger partial charge in [-0.3, -0.25) is 0 Å². The Morgan fingerprint density at radius 1 is 1.16 bits per heavy atom. The van der Waals surface area contributed by atoms with E-state index in [0.717, 1.165) is 55.3 Å². The van der Waals surface area contributed by atoms with Gasteiger partial charge < -0.3 is 24.7 Å². The average Bonchev–Trinajstić information content (AvgIpc) is 2.88. The molecule has 2 aliphatic rings. The predicted octanol–water partition coefficient (Wildman–Crippen LogP) is 1.47. The Balaban J connectivity index is 1.81. The molecule has 0 aliphatic carbocycles. The zero-order valence-corrected chi connectivity index (χ0v) is 10.9. The number of hydrogen-bond donors (Lipinski definition) is 1. The van der Waals surface area contributed by atoms with E-state index in [2.05, 4.69) is 0 Å². The van der Waals surface area contributed by atoms with Crippen molar-refractivity contribution in [2.24, 2.45) is 5.73 Å². The summed E-state index contributed by atoms with van der Waals surface area (Å²) in [5.41, 5.74) is 6.74. The van der Waals surface area contributed by atoms with Crippen molar-refractivity contribution in [3.8, 4) is 17.2 Å². The van der Waals surface area contributed by atoms with Crippen LogP contribution in [0.2, 0.25) is 0 Å². The van der Waals surface area contributed by atoms with Crippen molar-refractivity contribution in [2.45, 2.75) is 25.4 Å². The normalized spacial score (nSPS) is 18.6. The predicted molar refractivity (Wildman–Crippen MR) is 69.8 cm³/mol. The molecule has 0 radical (unpaired) electrons. The molecule has 0 spiro atoms. The van der Waals surface area contributed by atoms with E-state index in [9.17, 15) is 0 Å². The van der Waals surface area contributed by atoms with Gasteiger partial charge in [-0.05, 0) is 24.6 Å². The highest BCUT2D eigenvalue weighted by Gasteiger charge is 2.21. The van der Waals surface area contributed by atoms with Gasteiger partial charge in [-0.1, -0.05) is 0 Å². The molecule has 2 aliphatic heterocycles. The lowest BCUT2D eigenvalue weighted by Gasteiger charge is -2.24. The van der Waals surface area contributed by atoms with Crippen molar-refractivity contribution in [3.05, 3.63) is 17.7 Å². The molecule has 5 heteroatoms. The van der Waals surface area contributed by atoms with Crippen molar-refractivity contribution >= 4 is 0 Å². The third kappa shape index (κ3) is 2.77. The summed E-state index contributed by atoms with van der Waals surface area (Å²) >= 11 is 0. The van der Waals surface area contributed by atoms with E-state index in [1.54, 1.807) is 0 Å². The molecule has 1 saturated heterocycles. The highest BCUT2D eigenvalue weighted by atomic mass is 16.7. The van der Waals surface area contributed by atoms with Gasteiger partial charge in [0, 0.05) is 18.9 Å². The molecule has 5 nitrogen and oxygen atoms in total. The number of nitrogens with two attached hydrogens (primary N) is 1. The molecule has 0 aromatic heterocycles. The Hall–Kier alpha value is -1.46. The Kier molecular flexibility index (Phi) is 3.75. The lowest BCUT2D eigenvalue weighted by molar-refractivity contribution is 0.0251. The zero-order chi connectivity index (χ0) is 13.1. The summed E-state index contributed by atoms with van der Waals surface area (Å²) in [6, 6.07) is 3.90. The van der Waals surface area contributed by atoms with Crippen LogP contribution >= 0.6 is 0 Å². The Morgan fingerprint density at radius 3 is 2.63 bits per heavy atom. The fourth-order valence-corrected chi connectivity index (χ4v) is 2.40. The van der Waals surface area contributed by atoms with E-state index in [4.69, 9.17) is 24.7 Å². The summed E-state index contributed by atoms with van der Waals surface area (Å²) in [7, 11) is 0. The standard InChI is InChI=1S/C14H19NO4/c15-4-1-10-7-13-14(18-9-17-13)8-12(10)19-11-2-5-16-6-3-11/h7-8,11H,1-6,9,15H2. The summed E-state index contributed by atoms with van der Waals surface area (Å²) in [6.07, 6.45) is 2.84. The molecule has 0 unspecified atom stereocenters. The maximum atomic E-state index is 6.09. The summed E-state index contributed by atoms with van der Waals surface area (Å²) in [5, 5.41) is 0. The van der Waals surface area contributed by atoms with Crippen LogP contribution < -0.4 is 19.9 Å². The molecule has 0 amide bonds. The quantitative estimate of drug-likeness (QED) is 0.893. The Bertz CT molecular complexity index is 443. The molecule has 0 saturated carbocycles. The molecule has 19 heavy (non-hydrogen) atoms. The largest absolute Gasteiger partial charge is 0.490 e. The molecular formula is C14H19NO4. The highest BCUT2D eigenvalue weighted by Crippen LogP contribution is 2.39. The van der Waals surface area contributed by atoms with Crippen LogP contribution in [-0.2, 0) is 11.2 Å². The van der Waals surface area contributed by atoms with E-state index in [1.807, 2.05) is 12.1 Å². The maximum absolute atomic E-state index is 6.09. The molecule has 1 aromatic rings.